The molecule has 1 aliphatic carbocycles. The number of hydrogen-bond donors (Lipinski definition) is 2. The lowest BCUT2D eigenvalue weighted by Gasteiger charge is -2.23. The molecule has 1 unspecified atom stereocenters. The van der Waals surface area contributed by atoms with Gasteiger partial charge in [-0.2, -0.15) is 0 Å². The van der Waals surface area contributed by atoms with Crippen LogP contribution in [0.5, 0.6) is 0 Å². The van der Waals surface area contributed by atoms with Crippen molar-refractivity contribution < 1.29 is 9.59 Å². The van der Waals surface area contributed by atoms with Crippen LogP contribution in [-0.4, -0.2) is 40.8 Å². The first kappa shape index (κ1) is 20.3. The molecule has 2 fully saturated rings. The highest BCUT2D eigenvalue weighted by atomic mass is 35.5. The molecule has 2 aliphatic rings. The van der Waals surface area contributed by atoms with Crippen molar-refractivity contribution in [3.8, 4) is 0 Å². The van der Waals surface area contributed by atoms with Gasteiger partial charge in [-0.05, 0) is 43.0 Å². The third-order valence-corrected chi connectivity index (χ3v) is 6.65. The molecule has 0 spiro atoms. The van der Waals surface area contributed by atoms with Crippen molar-refractivity contribution in [1.82, 2.24) is 15.2 Å². The minimum Gasteiger partial charge on any atom is -0.361 e. The van der Waals surface area contributed by atoms with E-state index >= 15 is 0 Å². The van der Waals surface area contributed by atoms with Crippen LogP contribution in [0.15, 0.2) is 24.4 Å². The van der Waals surface area contributed by atoms with Gasteiger partial charge in [0.25, 0.3) is 0 Å². The lowest BCUT2D eigenvalue weighted by Crippen LogP contribution is -2.40. The smallest absolute Gasteiger partial charge is 0.225 e. The Labute approximate surface area is 177 Å². The molecule has 5 nitrogen and oxygen atoms in total. The van der Waals surface area contributed by atoms with Crippen LogP contribution in [0.1, 0.15) is 56.9 Å². The molecule has 2 N–H and O–H groups in total. The molecule has 1 saturated heterocycles. The predicted octanol–water partition coefficient (Wildman–Crippen LogP) is 4.44. The molecule has 1 atom stereocenters. The molecule has 156 valence electrons. The van der Waals surface area contributed by atoms with Crippen molar-refractivity contribution >= 4 is 34.3 Å². The van der Waals surface area contributed by atoms with E-state index < -0.39 is 0 Å². The summed E-state index contributed by atoms with van der Waals surface area (Å²) in [6, 6.07) is 6.08. The van der Waals surface area contributed by atoms with Crippen molar-refractivity contribution in [2.75, 3.05) is 13.1 Å². The second-order valence-corrected chi connectivity index (χ2v) is 8.98. The fourth-order valence-electron chi connectivity index (χ4n) is 4.70. The van der Waals surface area contributed by atoms with Crippen molar-refractivity contribution in [2.45, 2.75) is 63.8 Å². The Balaban J connectivity index is 1.31. The number of rotatable bonds is 5. The summed E-state index contributed by atoms with van der Waals surface area (Å²) < 4.78 is 0. The molecule has 6 heteroatoms. The van der Waals surface area contributed by atoms with E-state index in [1.807, 2.05) is 29.3 Å². The minimum atomic E-state index is -0.217. The van der Waals surface area contributed by atoms with Gasteiger partial charge in [0.2, 0.25) is 11.8 Å². The summed E-state index contributed by atoms with van der Waals surface area (Å²) >= 11 is 6.13. The van der Waals surface area contributed by atoms with Crippen molar-refractivity contribution in [3.63, 3.8) is 0 Å². The average Bonchev–Trinajstić information content (AvgIpc) is 3.25. The largest absolute Gasteiger partial charge is 0.361 e. The summed E-state index contributed by atoms with van der Waals surface area (Å²) in [6.45, 7) is 1.16. The molecule has 1 saturated carbocycles. The van der Waals surface area contributed by atoms with Crippen LogP contribution >= 0.6 is 11.6 Å². The van der Waals surface area contributed by atoms with Gasteiger partial charge in [0, 0.05) is 47.7 Å². The highest BCUT2D eigenvalue weighted by Crippen LogP contribution is 2.25. The van der Waals surface area contributed by atoms with Gasteiger partial charge in [-0.3, -0.25) is 9.59 Å². The van der Waals surface area contributed by atoms with E-state index in [1.165, 1.54) is 32.1 Å². The number of aromatic nitrogens is 1. The lowest BCUT2D eigenvalue weighted by molar-refractivity contribution is -0.129. The zero-order valence-corrected chi connectivity index (χ0v) is 17.6. The summed E-state index contributed by atoms with van der Waals surface area (Å²) in [5, 5.41) is 5.04. The number of amides is 2. The number of halogens is 1. The molecule has 2 heterocycles. The third-order valence-electron chi connectivity index (χ3n) is 6.42. The first-order chi connectivity index (χ1) is 14.1. The topological polar surface area (TPSA) is 65.2 Å². The monoisotopic (exact) mass is 415 g/mol. The number of H-pyrrole nitrogens is 1. The van der Waals surface area contributed by atoms with Gasteiger partial charge in [0.15, 0.2) is 0 Å². The molecule has 1 aromatic carbocycles. The number of fused-ring (bicyclic) bond motifs is 1. The van der Waals surface area contributed by atoms with Crippen molar-refractivity contribution in [3.05, 3.63) is 35.0 Å². The summed E-state index contributed by atoms with van der Waals surface area (Å²) in [6.07, 6.45) is 11.4. The summed E-state index contributed by atoms with van der Waals surface area (Å²) in [7, 11) is 0. The molecule has 29 heavy (non-hydrogen) atoms. The first-order valence-corrected chi connectivity index (χ1v) is 11.3. The molecule has 1 aromatic heterocycles. The minimum absolute atomic E-state index is 0.0605. The highest BCUT2D eigenvalue weighted by Gasteiger charge is 2.34. The van der Waals surface area contributed by atoms with Gasteiger partial charge in [0.05, 0.1) is 5.92 Å². The molecule has 2 aromatic rings. The zero-order valence-electron chi connectivity index (χ0n) is 16.9. The van der Waals surface area contributed by atoms with Crippen molar-refractivity contribution in [2.24, 2.45) is 5.92 Å². The molecule has 1 aliphatic heterocycles. The molecular formula is C23H30ClN3O2. The number of aromatic amines is 1. The lowest BCUT2D eigenvalue weighted by atomic mass is 9.96. The van der Waals surface area contributed by atoms with Gasteiger partial charge < -0.3 is 15.2 Å². The Hall–Kier alpha value is -2.01. The summed E-state index contributed by atoms with van der Waals surface area (Å²) in [5.41, 5.74) is 2.20. The van der Waals surface area contributed by atoms with Crippen LogP contribution in [0.25, 0.3) is 10.9 Å². The maximum absolute atomic E-state index is 12.7. The second-order valence-electron chi connectivity index (χ2n) is 8.55. The summed E-state index contributed by atoms with van der Waals surface area (Å²) in [5.74, 6) is -0.0728. The average molecular weight is 416 g/mol. The quantitative estimate of drug-likeness (QED) is 0.758. The van der Waals surface area contributed by atoms with Crippen LogP contribution in [0, 0.1) is 5.92 Å². The number of carbonyl (C=O) groups excluding carboxylic acids is 2. The highest BCUT2D eigenvalue weighted by molar-refractivity contribution is 6.31. The standard InChI is InChI=1S/C23H30ClN3O2/c24-18-8-9-21-20(13-18)16(14-25-21)10-11-27-15-17(12-22(27)28)23(29)26-19-6-4-2-1-3-5-7-19/h8-9,13-14,17,19,25H,1-7,10-12,15H2,(H,26,29). The maximum atomic E-state index is 12.7. The Morgan fingerprint density at radius 3 is 2.72 bits per heavy atom. The Bertz CT molecular complexity index is 870. The second kappa shape index (κ2) is 9.21. The molecule has 2 amide bonds. The maximum Gasteiger partial charge on any atom is 0.225 e. The number of nitrogens with zero attached hydrogens (tertiary/aromatic N) is 1. The van der Waals surface area contributed by atoms with Crippen LogP contribution in [0.3, 0.4) is 0 Å². The first-order valence-electron chi connectivity index (χ1n) is 10.9. The van der Waals surface area contributed by atoms with Crippen LogP contribution in [0.4, 0.5) is 0 Å². The fourth-order valence-corrected chi connectivity index (χ4v) is 4.87. The van der Waals surface area contributed by atoms with E-state index in [1.54, 1.807) is 0 Å². The van der Waals surface area contributed by atoms with E-state index in [9.17, 15) is 9.59 Å². The van der Waals surface area contributed by atoms with Crippen LogP contribution in [0.2, 0.25) is 5.02 Å². The van der Waals surface area contributed by atoms with E-state index in [0.717, 1.165) is 35.7 Å². The van der Waals surface area contributed by atoms with Crippen molar-refractivity contribution in [1.29, 1.82) is 0 Å². The van der Waals surface area contributed by atoms with Gasteiger partial charge in [-0.1, -0.05) is 43.7 Å². The summed E-state index contributed by atoms with van der Waals surface area (Å²) in [4.78, 5) is 30.3. The van der Waals surface area contributed by atoms with Crippen LogP contribution in [-0.2, 0) is 16.0 Å². The molecular weight excluding hydrogens is 386 g/mol. The van der Waals surface area contributed by atoms with E-state index in [-0.39, 0.29) is 23.8 Å². The molecule has 4 rings (SSSR count). The van der Waals surface area contributed by atoms with E-state index in [0.29, 0.717) is 24.5 Å². The van der Waals surface area contributed by atoms with E-state index in [4.69, 9.17) is 11.6 Å². The van der Waals surface area contributed by atoms with Crippen LogP contribution < -0.4 is 5.32 Å². The molecule has 0 radical (unpaired) electrons. The van der Waals surface area contributed by atoms with Gasteiger partial charge in [0.1, 0.15) is 0 Å². The number of likely N-dealkylation sites (tertiary alicyclic amines) is 1. The van der Waals surface area contributed by atoms with E-state index in [2.05, 4.69) is 10.3 Å². The normalized spacial score (nSPS) is 21.3. The third kappa shape index (κ3) is 4.95. The number of hydrogen-bond acceptors (Lipinski definition) is 2. The number of benzene rings is 1. The predicted molar refractivity (Wildman–Crippen MR) is 116 cm³/mol. The fraction of sp³-hybridized carbons (Fsp3) is 0.565. The number of carbonyl (C=O) groups is 2. The zero-order chi connectivity index (χ0) is 20.2. The SMILES string of the molecule is O=C(NC1CCCCCCC1)C1CC(=O)N(CCc2c[nH]c3ccc(Cl)cc23)C1. The van der Waals surface area contributed by atoms with Gasteiger partial charge >= 0.3 is 0 Å². The Kier molecular flexibility index (Phi) is 6.43. The Morgan fingerprint density at radius 2 is 1.93 bits per heavy atom. The van der Waals surface area contributed by atoms with Gasteiger partial charge in [-0.15, -0.1) is 0 Å². The molecule has 0 bridgehead atoms. The van der Waals surface area contributed by atoms with Gasteiger partial charge in [-0.25, -0.2) is 0 Å². The Morgan fingerprint density at radius 1 is 1.17 bits per heavy atom. The number of nitrogens with one attached hydrogen (secondary N) is 2.